The van der Waals surface area contributed by atoms with Crippen molar-refractivity contribution in [1.82, 2.24) is 10.2 Å². The number of carbonyl (C=O) groups excluding carboxylic acids is 1. The van der Waals surface area contributed by atoms with E-state index >= 15 is 0 Å². The molecule has 0 aliphatic carbocycles. The summed E-state index contributed by atoms with van der Waals surface area (Å²) in [6.07, 6.45) is 0.626. The molecule has 0 radical (unpaired) electrons. The first-order valence-electron chi connectivity index (χ1n) is 13.8. The summed E-state index contributed by atoms with van der Waals surface area (Å²) in [5.41, 5.74) is 2.61. The number of aliphatic imine (C=N–C) groups is 1. The van der Waals surface area contributed by atoms with E-state index in [1.54, 1.807) is 79.6 Å². The van der Waals surface area contributed by atoms with Gasteiger partial charge in [-0.3, -0.25) is 10.1 Å². The van der Waals surface area contributed by atoms with Crippen LogP contribution in [-0.4, -0.2) is 63.2 Å². The number of anilines is 1. The Hall–Kier alpha value is -4.43. The lowest BCUT2D eigenvalue weighted by molar-refractivity contribution is -0.384. The van der Waals surface area contributed by atoms with E-state index in [0.29, 0.717) is 22.0 Å². The molecule has 11 nitrogen and oxygen atoms in total. The number of allylic oxidation sites excluding steroid dienone is 1. The van der Waals surface area contributed by atoms with Crippen molar-refractivity contribution in [3.8, 4) is 5.75 Å². The second kappa shape index (κ2) is 15.5. The summed E-state index contributed by atoms with van der Waals surface area (Å²) in [5.74, 6) is -0.0694. The number of esters is 1. The third kappa shape index (κ3) is 9.05. The van der Waals surface area contributed by atoms with Gasteiger partial charge in [-0.15, -0.1) is 0 Å². The number of benzene rings is 3. The highest BCUT2D eigenvalue weighted by atomic mass is 35.5. The van der Waals surface area contributed by atoms with Gasteiger partial charge in [0.05, 0.1) is 29.7 Å². The summed E-state index contributed by atoms with van der Waals surface area (Å²) in [5, 5.41) is 29.4. The molecule has 0 amide bonds. The monoisotopic (exact) mass is 667 g/mol. The quantitative estimate of drug-likeness (QED) is 0.0777. The molecule has 4 rings (SSSR count). The van der Waals surface area contributed by atoms with E-state index in [9.17, 15) is 20.0 Å². The zero-order valence-electron chi connectivity index (χ0n) is 24.3. The predicted molar refractivity (Wildman–Crippen MR) is 181 cm³/mol. The first-order chi connectivity index (χ1) is 21.5. The number of nitro benzene ring substituents is 1. The van der Waals surface area contributed by atoms with E-state index in [1.807, 2.05) is 0 Å². The Bertz CT molecular complexity index is 1630. The molecule has 3 aromatic carbocycles. The number of nitro groups is 1. The molecule has 2 unspecified atom stereocenters. The molecule has 0 spiro atoms. The van der Waals surface area contributed by atoms with Crippen molar-refractivity contribution in [2.24, 2.45) is 4.99 Å². The number of hydrogen-bond acceptors (Lipinski definition) is 8. The van der Waals surface area contributed by atoms with E-state index in [2.05, 4.69) is 15.6 Å². The Labute approximate surface area is 275 Å². The maximum atomic E-state index is 13.0. The van der Waals surface area contributed by atoms with Crippen LogP contribution in [0, 0.1) is 10.1 Å². The standard InChI is InChI=1S/C31H30ClN5O6S2/c1-3-42-29(39)27-19(2)36(31(45)35-28(27)21-5-4-6-24(15-21)37(40)41)17-25(38)18-43-26-13-7-20(8-14-26)16-33-30(44)34-23-11-9-22(32)10-12-23/h4-16,25,28,38H,3,17-18H2,1-2H3,(H,34,44)(H,35,45). The van der Waals surface area contributed by atoms with E-state index in [1.165, 1.54) is 18.2 Å². The van der Waals surface area contributed by atoms with Crippen molar-refractivity contribution < 1.29 is 24.3 Å². The van der Waals surface area contributed by atoms with Gasteiger partial charge in [-0.25, -0.2) is 9.79 Å². The van der Waals surface area contributed by atoms with Crippen molar-refractivity contribution in [2.45, 2.75) is 26.0 Å². The molecule has 3 N–H and O–H groups in total. The lowest BCUT2D eigenvalue weighted by Gasteiger charge is -2.38. The van der Waals surface area contributed by atoms with Gasteiger partial charge < -0.3 is 30.1 Å². The number of nitrogens with one attached hydrogen (secondary N) is 2. The third-order valence-electron chi connectivity index (χ3n) is 6.65. The lowest BCUT2D eigenvalue weighted by atomic mass is 9.94. The number of halogens is 1. The fourth-order valence-electron chi connectivity index (χ4n) is 4.47. The molecule has 0 saturated carbocycles. The molecule has 0 aromatic heterocycles. The molecule has 234 valence electrons. The van der Waals surface area contributed by atoms with Crippen LogP contribution >= 0.6 is 36.0 Å². The fraction of sp³-hybridized carbons (Fsp3) is 0.226. The van der Waals surface area contributed by atoms with Crippen LogP contribution in [0.15, 0.2) is 89.1 Å². The van der Waals surface area contributed by atoms with Gasteiger partial charge in [0.15, 0.2) is 10.2 Å². The fourth-order valence-corrected chi connectivity index (χ4v) is 5.10. The minimum Gasteiger partial charge on any atom is -0.491 e. The first-order valence-corrected chi connectivity index (χ1v) is 15.0. The van der Waals surface area contributed by atoms with E-state index in [0.717, 1.165) is 11.3 Å². The second-order valence-corrected chi connectivity index (χ2v) is 11.0. The number of β-amino-alcohol motifs (C(OH)–C–C–N with tert-alkyl or cyclic N) is 1. The average molecular weight is 668 g/mol. The number of nitrogens with zero attached hydrogens (tertiary/aromatic N) is 3. The van der Waals surface area contributed by atoms with E-state index < -0.39 is 23.0 Å². The molecule has 1 aliphatic rings. The number of non-ortho nitro benzene ring substituents is 1. The van der Waals surface area contributed by atoms with Crippen LogP contribution in [0.5, 0.6) is 5.75 Å². The molecule has 1 aliphatic heterocycles. The van der Waals surface area contributed by atoms with Crippen molar-refractivity contribution in [1.29, 1.82) is 0 Å². The minimum absolute atomic E-state index is 0.0189. The summed E-state index contributed by atoms with van der Waals surface area (Å²) in [4.78, 5) is 29.7. The van der Waals surface area contributed by atoms with Gasteiger partial charge in [-0.05, 0) is 97.9 Å². The Morgan fingerprint density at radius 3 is 2.60 bits per heavy atom. The predicted octanol–water partition coefficient (Wildman–Crippen LogP) is 5.57. The molecular formula is C31H30ClN5O6S2. The van der Waals surface area contributed by atoms with Gasteiger partial charge in [0.2, 0.25) is 0 Å². The SMILES string of the molecule is CCOC(=O)C1=C(C)N(CC(O)COc2ccc(C=NC(=S)Nc3ccc(Cl)cc3)cc2)C(=S)NC1c1cccc([N+](=O)[O-])c1. The van der Waals surface area contributed by atoms with Crippen molar-refractivity contribution in [3.63, 3.8) is 0 Å². The number of carbonyl (C=O) groups is 1. The number of rotatable bonds is 11. The van der Waals surface area contributed by atoms with Gasteiger partial charge in [0.25, 0.3) is 5.69 Å². The third-order valence-corrected chi connectivity index (χ3v) is 7.45. The number of thiocarbonyl (C=S) groups is 2. The first kappa shape index (κ1) is 33.5. The summed E-state index contributed by atoms with van der Waals surface area (Å²) in [7, 11) is 0. The maximum Gasteiger partial charge on any atom is 0.338 e. The lowest BCUT2D eigenvalue weighted by Crippen LogP contribution is -2.50. The number of hydrogen-bond donors (Lipinski definition) is 3. The highest BCUT2D eigenvalue weighted by Gasteiger charge is 2.36. The van der Waals surface area contributed by atoms with Gasteiger partial charge in [0, 0.05) is 34.8 Å². The molecule has 1 heterocycles. The summed E-state index contributed by atoms with van der Waals surface area (Å²) >= 11 is 16.7. The van der Waals surface area contributed by atoms with Crippen molar-refractivity contribution >= 4 is 69.8 Å². The highest BCUT2D eigenvalue weighted by Crippen LogP contribution is 2.33. The smallest absolute Gasteiger partial charge is 0.338 e. The van der Waals surface area contributed by atoms with Crippen LogP contribution in [0.2, 0.25) is 5.02 Å². The highest BCUT2D eigenvalue weighted by molar-refractivity contribution is 7.80. The van der Waals surface area contributed by atoms with Crippen LogP contribution < -0.4 is 15.4 Å². The molecule has 3 aromatic rings. The molecule has 45 heavy (non-hydrogen) atoms. The normalized spacial score (nSPS) is 15.4. The molecule has 0 bridgehead atoms. The molecule has 2 atom stereocenters. The Balaban J connectivity index is 1.38. The van der Waals surface area contributed by atoms with Crippen molar-refractivity contribution in [2.75, 3.05) is 25.1 Å². The minimum atomic E-state index is -0.991. The van der Waals surface area contributed by atoms with E-state index in [-0.39, 0.29) is 41.2 Å². The van der Waals surface area contributed by atoms with Gasteiger partial charge in [-0.2, -0.15) is 0 Å². The topological polar surface area (TPSA) is 139 Å². The molecule has 0 saturated heterocycles. The van der Waals surface area contributed by atoms with Crippen LogP contribution in [0.25, 0.3) is 0 Å². The summed E-state index contributed by atoms with van der Waals surface area (Å²) in [6.45, 7) is 3.47. The molecule has 0 fully saturated rings. The zero-order valence-corrected chi connectivity index (χ0v) is 26.7. The van der Waals surface area contributed by atoms with Crippen LogP contribution in [0.1, 0.15) is 31.0 Å². The number of aliphatic hydroxyl groups excluding tert-OH is 1. The van der Waals surface area contributed by atoms with Gasteiger partial charge >= 0.3 is 5.97 Å². The Morgan fingerprint density at radius 1 is 1.22 bits per heavy atom. The Kier molecular flexibility index (Phi) is 11.5. The Morgan fingerprint density at radius 2 is 1.93 bits per heavy atom. The average Bonchev–Trinajstić information content (AvgIpc) is 3.02. The summed E-state index contributed by atoms with van der Waals surface area (Å²) < 4.78 is 11.1. The van der Waals surface area contributed by atoms with Crippen LogP contribution in [-0.2, 0) is 9.53 Å². The van der Waals surface area contributed by atoms with Gasteiger partial charge in [-0.1, -0.05) is 23.7 Å². The number of ether oxygens (including phenoxy) is 2. The van der Waals surface area contributed by atoms with Crippen LogP contribution in [0.4, 0.5) is 11.4 Å². The maximum absolute atomic E-state index is 13.0. The largest absolute Gasteiger partial charge is 0.491 e. The number of aliphatic hydroxyl groups is 1. The molecule has 14 heteroatoms. The van der Waals surface area contributed by atoms with E-state index in [4.69, 9.17) is 45.5 Å². The van der Waals surface area contributed by atoms with Crippen LogP contribution in [0.3, 0.4) is 0 Å². The van der Waals surface area contributed by atoms with Crippen molar-refractivity contribution in [3.05, 3.63) is 110 Å². The zero-order chi connectivity index (χ0) is 32.5. The summed E-state index contributed by atoms with van der Waals surface area (Å²) in [6, 6.07) is 19.4. The van der Waals surface area contributed by atoms with Gasteiger partial charge in [0.1, 0.15) is 18.5 Å². The molecular weight excluding hydrogens is 638 g/mol. The second-order valence-electron chi connectivity index (χ2n) is 9.79.